The normalized spacial score (nSPS) is 15.5. The van der Waals surface area contributed by atoms with Crippen molar-refractivity contribution in [2.24, 2.45) is 0 Å². The van der Waals surface area contributed by atoms with Crippen molar-refractivity contribution in [1.82, 2.24) is 25.0 Å². The van der Waals surface area contributed by atoms with Crippen LogP contribution in [0.25, 0.3) is 22.6 Å². The van der Waals surface area contributed by atoms with E-state index in [4.69, 9.17) is 20.9 Å². The number of likely N-dealkylation sites (tertiary alicyclic amines) is 1. The number of nitrogens with zero attached hydrogens (tertiary/aromatic N) is 5. The number of carbonyl (C=O) groups excluding carboxylic acids is 1. The van der Waals surface area contributed by atoms with Gasteiger partial charge in [-0.2, -0.15) is 4.98 Å². The number of aromatic nitrogens is 4. The SMILES string of the molecule is COc1cccc(-c2nccnc2C(=O)N2CCCC2c2nc(-c3cccc(Cl)c3C)no2)c1. The monoisotopic (exact) mass is 475 g/mol. The molecule has 1 unspecified atom stereocenters. The Morgan fingerprint density at radius 2 is 2.00 bits per heavy atom. The summed E-state index contributed by atoms with van der Waals surface area (Å²) in [4.78, 5) is 28.8. The van der Waals surface area contributed by atoms with Gasteiger partial charge >= 0.3 is 0 Å². The van der Waals surface area contributed by atoms with Gasteiger partial charge in [-0.15, -0.1) is 0 Å². The summed E-state index contributed by atoms with van der Waals surface area (Å²) in [6.07, 6.45) is 4.63. The van der Waals surface area contributed by atoms with Crippen molar-refractivity contribution >= 4 is 17.5 Å². The fraction of sp³-hybridized carbons (Fsp3) is 0.240. The van der Waals surface area contributed by atoms with E-state index in [1.54, 1.807) is 18.2 Å². The zero-order valence-corrected chi connectivity index (χ0v) is 19.5. The molecule has 2 aromatic carbocycles. The van der Waals surface area contributed by atoms with Crippen LogP contribution >= 0.6 is 11.6 Å². The minimum absolute atomic E-state index is 0.230. The van der Waals surface area contributed by atoms with Crippen molar-refractivity contribution in [3.63, 3.8) is 0 Å². The average molecular weight is 476 g/mol. The molecule has 3 heterocycles. The third-order valence-corrected chi connectivity index (χ3v) is 6.40. The summed E-state index contributed by atoms with van der Waals surface area (Å²) in [6, 6.07) is 12.6. The van der Waals surface area contributed by atoms with Crippen LogP contribution in [0, 0.1) is 6.92 Å². The number of benzene rings is 2. The lowest BCUT2D eigenvalue weighted by atomic mass is 10.1. The fourth-order valence-electron chi connectivity index (χ4n) is 4.21. The summed E-state index contributed by atoms with van der Waals surface area (Å²) in [5.74, 6) is 1.29. The molecular weight excluding hydrogens is 454 g/mol. The van der Waals surface area contributed by atoms with Crippen LogP contribution in [0.4, 0.5) is 0 Å². The summed E-state index contributed by atoms with van der Waals surface area (Å²) in [5, 5.41) is 4.79. The lowest BCUT2D eigenvalue weighted by Crippen LogP contribution is -2.32. The highest BCUT2D eigenvalue weighted by atomic mass is 35.5. The van der Waals surface area contributed by atoms with Crippen LogP contribution in [0.1, 0.15) is 40.8 Å². The second-order valence-electron chi connectivity index (χ2n) is 8.01. The number of ether oxygens (including phenoxy) is 1. The van der Waals surface area contributed by atoms with Gasteiger partial charge < -0.3 is 14.2 Å². The molecule has 8 nitrogen and oxygen atoms in total. The number of halogens is 1. The molecule has 1 aliphatic heterocycles. The highest BCUT2D eigenvalue weighted by Crippen LogP contribution is 2.35. The van der Waals surface area contributed by atoms with E-state index in [1.807, 2.05) is 49.4 Å². The first-order chi connectivity index (χ1) is 16.6. The van der Waals surface area contributed by atoms with Crippen LogP contribution in [-0.2, 0) is 0 Å². The average Bonchev–Trinajstić information content (AvgIpc) is 3.55. The Hall–Kier alpha value is -3.78. The van der Waals surface area contributed by atoms with E-state index in [-0.39, 0.29) is 17.6 Å². The van der Waals surface area contributed by atoms with Crippen LogP contribution in [-0.4, -0.2) is 44.6 Å². The molecule has 0 N–H and O–H groups in total. The van der Waals surface area contributed by atoms with Crippen molar-refractivity contribution in [3.05, 3.63) is 77.0 Å². The van der Waals surface area contributed by atoms with Crippen LogP contribution in [0.15, 0.2) is 59.4 Å². The molecule has 1 saturated heterocycles. The lowest BCUT2D eigenvalue weighted by molar-refractivity contribution is 0.0704. The second-order valence-corrected chi connectivity index (χ2v) is 8.42. The molecule has 0 radical (unpaired) electrons. The molecule has 2 aromatic heterocycles. The number of carbonyl (C=O) groups is 1. The molecule has 0 saturated carbocycles. The molecule has 4 aromatic rings. The van der Waals surface area contributed by atoms with Gasteiger partial charge in [-0.3, -0.25) is 9.78 Å². The van der Waals surface area contributed by atoms with E-state index in [9.17, 15) is 4.79 Å². The maximum absolute atomic E-state index is 13.6. The summed E-state index contributed by atoms with van der Waals surface area (Å²) in [6.45, 7) is 2.47. The van der Waals surface area contributed by atoms with Crippen LogP contribution in [0.5, 0.6) is 5.75 Å². The summed E-state index contributed by atoms with van der Waals surface area (Å²) in [5.41, 5.74) is 3.19. The quantitative estimate of drug-likeness (QED) is 0.394. The minimum atomic E-state index is -0.339. The molecule has 34 heavy (non-hydrogen) atoms. The van der Waals surface area contributed by atoms with Crippen molar-refractivity contribution in [3.8, 4) is 28.4 Å². The first-order valence-electron chi connectivity index (χ1n) is 10.9. The first kappa shape index (κ1) is 22.0. The Balaban J connectivity index is 1.46. The molecule has 1 amide bonds. The highest BCUT2D eigenvalue weighted by molar-refractivity contribution is 6.31. The van der Waals surface area contributed by atoms with Gasteiger partial charge in [0.15, 0.2) is 5.69 Å². The summed E-state index contributed by atoms with van der Waals surface area (Å²) >= 11 is 6.25. The van der Waals surface area contributed by atoms with Crippen molar-refractivity contribution in [2.45, 2.75) is 25.8 Å². The van der Waals surface area contributed by atoms with Gasteiger partial charge in [0.25, 0.3) is 5.91 Å². The molecule has 1 fully saturated rings. The number of methoxy groups -OCH3 is 1. The lowest BCUT2D eigenvalue weighted by Gasteiger charge is -2.22. The predicted molar refractivity (Wildman–Crippen MR) is 127 cm³/mol. The van der Waals surface area contributed by atoms with E-state index < -0.39 is 0 Å². The Kier molecular flexibility index (Phi) is 5.98. The molecule has 9 heteroatoms. The van der Waals surface area contributed by atoms with Gasteiger partial charge in [0.05, 0.1) is 7.11 Å². The molecule has 0 aliphatic carbocycles. The summed E-state index contributed by atoms with van der Waals surface area (Å²) in [7, 11) is 1.60. The van der Waals surface area contributed by atoms with Gasteiger partial charge in [-0.05, 0) is 43.5 Å². The van der Waals surface area contributed by atoms with Crippen LogP contribution in [0.2, 0.25) is 5.02 Å². The molecule has 1 aliphatic rings. The van der Waals surface area contributed by atoms with E-state index in [0.29, 0.717) is 34.7 Å². The summed E-state index contributed by atoms with van der Waals surface area (Å²) < 4.78 is 10.9. The topological polar surface area (TPSA) is 94.2 Å². The second kappa shape index (κ2) is 9.23. The Morgan fingerprint density at radius 1 is 1.18 bits per heavy atom. The van der Waals surface area contributed by atoms with Crippen LogP contribution in [0.3, 0.4) is 0 Å². The molecule has 1 atom stereocenters. The Morgan fingerprint density at radius 3 is 2.85 bits per heavy atom. The van der Waals surface area contributed by atoms with Gasteiger partial charge in [-0.1, -0.05) is 41.0 Å². The largest absolute Gasteiger partial charge is 0.497 e. The van der Waals surface area contributed by atoms with Crippen molar-refractivity contribution in [2.75, 3.05) is 13.7 Å². The van der Waals surface area contributed by atoms with Crippen molar-refractivity contribution < 1.29 is 14.1 Å². The number of rotatable bonds is 5. The molecule has 0 spiro atoms. The Bertz CT molecular complexity index is 1360. The van der Waals surface area contributed by atoms with E-state index in [0.717, 1.165) is 29.5 Å². The zero-order chi connectivity index (χ0) is 23.7. The van der Waals surface area contributed by atoms with E-state index in [2.05, 4.69) is 20.1 Å². The molecular formula is C25H22ClN5O3. The predicted octanol–water partition coefficient (Wildman–Crippen LogP) is 5.14. The standard InChI is InChI=1S/C25H22ClN5O3/c1-15-18(8-4-9-19(15)26)23-29-24(34-30-23)20-10-5-13-31(20)25(32)22-21(27-11-12-28-22)16-6-3-7-17(14-16)33-2/h3-4,6-9,11-12,14,20H,5,10,13H2,1-2H3. The van der Waals surface area contributed by atoms with Crippen LogP contribution < -0.4 is 4.74 Å². The third-order valence-electron chi connectivity index (χ3n) is 5.99. The molecule has 0 bridgehead atoms. The maximum Gasteiger partial charge on any atom is 0.275 e. The zero-order valence-electron chi connectivity index (χ0n) is 18.7. The third kappa shape index (κ3) is 4.01. The number of amides is 1. The van der Waals surface area contributed by atoms with Crippen molar-refractivity contribution in [1.29, 1.82) is 0 Å². The van der Waals surface area contributed by atoms with Gasteiger partial charge in [-0.25, -0.2) is 4.98 Å². The molecule has 5 rings (SSSR count). The highest BCUT2D eigenvalue weighted by Gasteiger charge is 2.36. The Labute approximate surface area is 201 Å². The number of hydrogen-bond acceptors (Lipinski definition) is 7. The van der Waals surface area contributed by atoms with Gasteiger partial charge in [0.2, 0.25) is 11.7 Å². The first-order valence-corrected chi connectivity index (χ1v) is 11.3. The maximum atomic E-state index is 13.6. The van der Waals surface area contributed by atoms with E-state index in [1.165, 1.54) is 6.20 Å². The van der Waals surface area contributed by atoms with Gasteiger partial charge in [0.1, 0.15) is 17.5 Å². The van der Waals surface area contributed by atoms with Gasteiger partial charge in [0, 0.05) is 35.1 Å². The number of hydrogen-bond donors (Lipinski definition) is 0. The molecule has 172 valence electrons. The minimum Gasteiger partial charge on any atom is -0.497 e. The van der Waals surface area contributed by atoms with E-state index >= 15 is 0 Å². The smallest absolute Gasteiger partial charge is 0.275 e. The fourth-order valence-corrected chi connectivity index (χ4v) is 4.38.